The van der Waals surface area contributed by atoms with Crippen molar-refractivity contribution < 1.29 is 0 Å². The summed E-state index contributed by atoms with van der Waals surface area (Å²) in [5.74, 6) is 0.752. The van der Waals surface area contributed by atoms with E-state index in [0.717, 1.165) is 38.5 Å². The molecule has 1 saturated heterocycles. The molecule has 1 aromatic rings. The summed E-state index contributed by atoms with van der Waals surface area (Å²) in [6.45, 7) is 12.5. The van der Waals surface area contributed by atoms with E-state index < -0.39 is 0 Å². The van der Waals surface area contributed by atoms with Crippen molar-refractivity contribution in [3.05, 3.63) is 29.8 Å². The van der Waals surface area contributed by atoms with Crippen LogP contribution in [0.25, 0.3) is 0 Å². The Morgan fingerprint density at radius 3 is 2.35 bits per heavy atom. The molecule has 0 aliphatic carbocycles. The smallest absolute Gasteiger partial charge is 0.0415 e. The second-order valence-electron chi connectivity index (χ2n) is 6.26. The van der Waals surface area contributed by atoms with Crippen LogP contribution in [-0.4, -0.2) is 37.6 Å². The van der Waals surface area contributed by atoms with E-state index in [1.807, 2.05) is 0 Å². The SMILES string of the molecule is CCC(N)c1ccccc1N1CCN(CC(C)C)CC1. The lowest BCUT2D eigenvalue weighted by Gasteiger charge is -2.38. The first kappa shape index (κ1) is 15.3. The topological polar surface area (TPSA) is 32.5 Å². The fraction of sp³-hybridized carbons (Fsp3) is 0.647. The van der Waals surface area contributed by atoms with Gasteiger partial charge >= 0.3 is 0 Å². The summed E-state index contributed by atoms with van der Waals surface area (Å²) in [6.07, 6.45) is 0.990. The third-order valence-corrected chi connectivity index (χ3v) is 4.11. The Morgan fingerprint density at radius 2 is 1.75 bits per heavy atom. The first-order valence-corrected chi connectivity index (χ1v) is 7.93. The van der Waals surface area contributed by atoms with Gasteiger partial charge in [0.1, 0.15) is 0 Å². The van der Waals surface area contributed by atoms with Gasteiger partial charge in [0.05, 0.1) is 0 Å². The predicted octanol–water partition coefficient (Wildman–Crippen LogP) is 2.87. The minimum Gasteiger partial charge on any atom is -0.369 e. The minimum absolute atomic E-state index is 0.153. The molecule has 1 aliphatic rings. The van der Waals surface area contributed by atoms with Crippen molar-refractivity contribution in [2.75, 3.05) is 37.6 Å². The van der Waals surface area contributed by atoms with Crippen LogP contribution in [0.3, 0.4) is 0 Å². The number of benzene rings is 1. The molecule has 1 atom stereocenters. The zero-order chi connectivity index (χ0) is 14.5. The predicted molar refractivity (Wildman–Crippen MR) is 87.2 cm³/mol. The van der Waals surface area contributed by atoms with Gasteiger partial charge in [0.15, 0.2) is 0 Å². The van der Waals surface area contributed by atoms with Crippen LogP contribution in [0.5, 0.6) is 0 Å². The Morgan fingerprint density at radius 1 is 1.10 bits per heavy atom. The van der Waals surface area contributed by atoms with E-state index in [9.17, 15) is 0 Å². The van der Waals surface area contributed by atoms with E-state index in [1.165, 1.54) is 17.8 Å². The minimum atomic E-state index is 0.153. The van der Waals surface area contributed by atoms with Crippen LogP contribution in [0, 0.1) is 5.92 Å². The highest BCUT2D eigenvalue weighted by atomic mass is 15.3. The van der Waals surface area contributed by atoms with Crippen molar-refractivity contribution in [1.29, 1.82) is 0 Å². The van der Waals surface area contributed by atoms with Crippen LogP contribution in [-0.2, 0) is 0 Å². The highest BCUT2D eigenvalue weighted by Crippen LogP contribution is 2.27. The standard InChI is InChI=1S/C17H29N3/c1-4-16(18)15-7-5-6-8-17(15)20-11-9-19(10-12-20)13-14(2)3/h5-8,14,16H,4,9-13,18H2,1-3H3. The van der Waals surface area contributed by atoms with Gasteiger partial charge in [-0.05, 0) is 24.0 Å². The van der Waals surface area contributed by atoms with Crippen molar-refractivity contribution >= 4 is 5.69 Å². The van der Waals surface area contributed by atoms with E-state index >= 15 is 0 Å². The van der Waals surface area contributed by atoms with E-state index in [0.29, 0.717) is 0 Å². The summed E-state index contributed by atoms with van der Waals surface area (Å²) >= 11 is 0. The maximum absolute atomic E-state index is 6.26. The second-order valence-corrected chi connectivity index (χ2v) is 6.26. The van der Waals surface area contributed by atoms with Crippen molar-refractivity contribution in [1.82, 2.24) is 4.90 Å². The zero-order valence-corrected chi connectivity index (χ0v) is 13.2. The molecule has 1 aliphatic heterocycles. The van der Waals surface area contributed by atoms with Crippen LogP contribution >= 0.6 is 0 Å². The highest BCUT2D eigenvalue weighted by molar-refractivity contribution is 5.55. The number of nitrogens with zero attached hydrogens (tertiary/aromatic N) is 2. The average Bonchev–Trinajstić information content (AvgIpc) is 2.46. The van der Waals surface area contributed by atoms with Gasteiger partial charge in [0.2, 0.25) is 0 Å². The molecule has 2 rings (SSSR count). The maximum atomic E-state index is 6.26. The molecule has 0 amide bonds. The van der Waals surface area contributed by atoms with Crippen molar-refractivity contribution in [3.8, 4) is 0 Å². The molecule has 1 heterocycles. The number of anilines is 1. The molecule has 1 aromatic carbocycles. The van der Waals surface area contributed by atoms with E-state index in [1.54, 1.807) is 0 Å². The molecule has 2 N–H and O–H groups in total. The lowest BCUT2D eigenvalue weighted by molar-refractivity contribution is 0.231. The lowest BCUT2D eigenvalue weighted by Crippen LogP contribution is -2.47. The molecule has 0 radical (unpaired) electrons. The molecule has 20 heavy (non-hydrogen) atoms. The van der Waals surface area contributed by atoms with Gasteiger partial charge in [-0.15, -0.1) is 0 Å². The van der Waals surface area contributed by atoms with Crippen molar-refractivity contribution in [2.24, 2.45) is 11.7 Å². The van der Waals surface area contributed by atoms with Gasteiger partial charge in [0.25, 0.3) is 0 Å². The molecule has 0 saturated carbocycles. The molecule has 0 aromatic heterocycles. The summed E-state index contributed by atoms with van der Waals surface area (Å²) in [4.78, 5) is 5.07. The second kappa shape index (κ2) is 7.09. The molecular weight excluding hydrogens is 246 g/mol. The summed E-state index contributed by atoms with van der Waals surface area (Å²) in [7, 11) is 0. The quantitative estimate of drug-likeness (QED) is 0.897. The number of piperazine rings is 1. The van der Waals surface area contributed by atoms with Gasteiger partial charge in [-0.3, -0.25) is 4.90 Å². The van der Waals surface area contributed by atoms with Crippen LogP contribution in [0.2, 0.25) is 0 Å². The largest absolute Gasteiger partial charge is 0.369 e. The van der Waals surface area contributed by atoms with Gasteiger partial charge in [-0.25, -0.2) is 0 Å². The summed E-state index contributed by atoms with van der Waals surface area (Å²) in [6, 6.07) is 8.79. The van der Waals surface area contributed by atoms with Crippen LogP contribution < -0.4 is 10.6 Å². The molecule has 1 fully saturated rings. The van der Waals surface area contributed by atoms with Gasteiger partial charge in [-0.2, -0.15) is 0 Å². The number of hydrogen-bond donors (Lipinski definition) is 1. The molecule has 3 heteroatoms. The number of rotatable bonds is 5. The molecule has 1 unspecified atom stereocenters. The fourth-order valence-corrected chi connectivity index (χ4v) is 3.00. The Bertz CT molecular complexity index is 408. The van der Waals surface area contributed by atoms with Crippen molar-refractivity contribution in [2.45, 2.75) is 33.2 Å². The van der Waals surface area contributed by atoms with Crippen molar-refractivity contribution in [3.63, 3.8) is 0 Å². The van der Waals surface area contributed by atoms with Crippen LogP contribution in [0.15, 0.2) is 24.3 Å². The third-order valence-electron chi connectivity index (χ3n) is 4.11. The van der Waals surface area contributed by atoms with Gasteiger partial charge in [0, 0.05) is 44.5 Å². The maximum Gasteiger partial charge on any atom is 0.0415 e. The Balaban J connectivity index is 2.03. The Kier molecular flexibility index (Phi) is 5.44. The van der Waals surface area contributed by atoms with Gasteiger partial charge in [-0.1, -0.05) is 39.0 Å². The summed E-state index contributed by atoms with van der Waals surface area (Å²) < 4.78 is 0. The monoisotopic (exact) mass is 275 g/mol. The number of nitrogens with two attached hydrogens (primary N) is 1. The first-order valence-electron chi connectivity index (χ1n) is 7.93. The first-order chi connectivity index (χ1) is 9.61. The number of hydrogen-bond acceptors (Lipinski definition) is 3. The third kappa shape index (κ3) is 3.74. The lowest BCUT2D eigenvalue weighted by atomic mass is 10.0. The normalized spacial score (nSPS) is 18.6. The average molecular weight is 275 g/mol. The van der Waals surface area contributed by atoms with E-state index in [2.05, 4.69) is 54.8 Å². The van der Waals surface area contributed by atoms with E-state index in [4.69, 9.17) is 5.73 Å². The van der Waals surface area contributed by atoms with E-state index in [-0.39, 0.29) is 6.04 Å². The number of para-hydroxylation sites is 1. The molecule has 112 valence electrons. The molecular formula is C17H29N3. The molecule has 3 nitrogen and oxygen atoms in total. The fourth-order valence-electron chi connectivity index (χ4n) is 3.00. The van der Waals surface area contributed by atoms with Crippen LogP contribution in [0.1, 0.15) is 38.8 Å². The summed E-state index contributed by atoms with van der Waals surface area (Å²) in [5, 5.41) is 0. The summed E-state index contributed by atoms with van der Waals surface area (Å²) in [5.41, 5.74) is 8.90. The zero-order valence-electron chi connectivity index (χ0n) is 13.2. The van der Waals surface area contributed by atoms with Gasteiger partial charge < -0.3 is 10.6 Å². The molecule has 0 spiro atoms. The molecule has 0 bridgehead atoms. The highest BCUT2D eigenvalue weighted by Gasteiger charge is 2.20. The Labute approximate surface area is 123 Å². The van der Waals surface area contributed by atoms with Crippen LogP contribution in [0.4, 0.5) is 5.69 Å². The Hall–Kier alpha value is -1.06.